The van der Waals surface area contributed by atoms with Gasteiger partial charge in [-0.1, -0.05) is 6.07 Å². The van der Waals surface area contributed by atoms with E-state index < -0.39 is 0 Å². The molecule has 3 heterocycles. The maximum Gasteiger partial charge on any atom is 0.350 e. The first-order valence-corrected chi connectivity index (χ1v) is 7.62. The van der Waals surface area contributed by atoms with Crippen LogP contribution in [0, 0.1) is 0 Å². The molecule has 0 radical (unpaired) electrons. The molecule has 0 unspecified atom stereocenters. The van der Waals surface area contributed by atoms with E-state index in [1.807, 2.05) is 11.0 Å². The standard InChI is InChI=1S/C15H21N5O2/c1-12(2)17-7-9-18(10-8-17)14(21)11-20-15(22)19-6-4-3-5-13(19)16-20/h3-6,12H,7-11H2,1-2H3. The number of carbonyl (C=O) groups excluding carboxylic acids is 1. The highest BCUT2D eigenvalue weighted by Crippen LogP contribution is 2.06. The van der Waals surface area contributed by atoms with Crippen molar-refractivity contribution in [3.63, 3.8) is 0 Å². The molecule has 118 valence electrons. The quantitative estimate of drug-likeness (QED) is 0.804. The molecular formula is C15H21N5O2. The van der Waals surface area contributed by atoms with Gasteiger partial charge in [0.1, 0.15) is 6.54 Å². The van der Waals surface area contributed by atoms with Crippen LogP contribution in [0.25, 0.3) is 5.65 Å². The van der Waals surface area contributed by atoms with E-state index >= 15 is 0 Å². The highest BCUT2D eigenvalue weighted by atomic mass is 16.2. The van der Waals surface area contributed by atoms with Crippen LogP contribution in [0.2, 0.25) is 0 Å². The zero-order chi connectivity index (χ0) is 15.7. The Kier molecular flexibility index (Phi) is 3.98. The van der Waals surface area contributed by atoms with Gasteiger partial charge in [0.15, 0.2) is 5.65 Å². The lowest BCUT2D eigenvalue weighted by Crippen LogP contribution is -2.51. The molecule has 7 heteroatoms. The molecule has 0 aliphatic carbocycles. The molecule has 2 aromatic heterocycles. The first-order valence-electron chi connectivity index (χ1n) is 7.62. The zero-order valence-corrected chi connectivity index (χ0v) is 13.0. The van der Waals surface area contributed by atoms with Crippen LogP contribution in [0.5, 0.6) is 0 Å². The molecule has 1 aliphatic rings. The second kappa shape index (κ2) is 5.92. The van der Waals surface area contributed by atoms with Crippen molar-refractivity contribution in [1.29, 1.82) is 0 Å². The normalized spacial score (nSPS) is 16.6. The predicted molar refractivity (Wildman–Crippen MR) is 82.7 cm³/mol. The summed E-state index contributed by atoms with van der Waals surface area (Å²) in [6.45, 7) is 7.49. The number of aromatic nitrogens is 3. The maximum atomic E-state index is 12.4. The molecule has 3 rings (SSSR count). The molecule has 0 spiro atoms. The Labute approximate surface area is 128 Å². The summed E-state index contributed by atoms with van der Waals surface area (Å²) in [5.74, 6) is -0.0473. The van der Waals surface area contributed by atoms with Gasteiger partial charge in [-0.25, -0.2) is 9.48 Å². The van der Waals surface area contributed by atoms with Crippen molar-refractivity contribution in [1.82, 2.24) is 24.0 Å². The molecule has 1 amide bonds. The maximum absolute atomic E-state index is 12.4. The fraction of sp³-hybridized carbons (Fsp3) is 0.533. The number of amides is 1. The molecule has 22 heavy (non-hydrogen) atoms. The molecule has 0 aromatic carbocycles. The van der Waals surface area contributed by atoms with Crippen molar-refractivity contribution in [2.45, 2.75) is 26.4 Å². The third-order valence-electron chi connectivity index (χ3n) is 4.17. The van der Waals surface area contributed by atoms with Crippen molar-refractivity contribution in [2.75, 3.05) is 26.2 Å². The summed E-state index contributed by atoms with van der Waals surface area (Å²) in [6, 6.07) is 5.84. The molecule has 0 saturated carbocycles. The van der Waals surface area contributed by atoms with Gasteiger partial charge in [-0.3, -0.25) is 14.1 Å². The van der Waals surface area contributed by atoms with Gasteiger partial charge in [-0.05, 0) is 26.0 Å². The molecular weight excluding hydrogens is 282 g/mol. The number of piperazine rings is 1. The summed E-state index contributed by atoms with van der Waals surface area (Å²) >= 11 is 0. The Balaban J connectivity index is 1.69. The summed E-state index contributed by atoms with van der Waals surface area (Å²) in [4.78, 5) is 28.7. The zero-order valence-electron chi connectivity index (χ0n) is 13.0. The van der Waals surface area contributed by atoms with Crippen LogP contribution in [-0.2, 0) is 11.3 Å². The van der Waals surface area contributed by atoms with E-state index in [2.05, 4.69) is 23.8 Å². The van der Waals surface area contributed by atoms with E-state index in [1.54, 1.807) is 18.3 Å². The average molecular weight is 303 g/mol. The van der Waals surface area contributed by atoms with Gasteiger partial charge in [-0.2, -0.15) is 0 Å². The van der Waals surface area contributed by atoms with Crippen LogP contribution in [-0.4, -0.2) is 62.1 Å². The van der Waals surface area contributed by atoms with Crippen LogP contribution < -0.4 is 5.69 Å². The van der Waals surface area contributed by atoms with Gasteiger partial charge in [0.25, 0.3) is 0 Å². The second-order valence-electron chi connectivity index (χ2n) is 5.88. The van der Waals surface area contributed by atoms with Crippen LogP contribution in [0.1, 0.15) is 13.8 Å². The van der Waals surface area contributed by atoms with Crippen LogP contribution >= 0.6 is 0 Å². The van der Waals surface area contributed by atoms with Gasteiger partial charge in [0, 0.05) is 38.4 Å². The lowest BCUT2D eigenvalue weighted by Gasteiger charge is -2.36. The Hall–Kier alpha value is -2.15. The smallest absolute Gasteiger partial charge is 0.339 e. The highest BCUT2D eigenvalue weighted by molar-refractivity contribution is 5.76. The Morgan fingerprint density at radius 3 is 2.59 bits per heavy atom. The average Bonchev–Trinajstić information content (AvgIpc) is 2.84. The minimum Gasteiger partial charge on any atom is -0.339 e. The predicted octanol–water partition coefficient (Wildman–Crippen LogP) is 0.0486. The van der Waals surface area contributed by atoms with E-state index in [0.29, 0.717) is 24.8 Å². The Bertz CT molecular complexity index is 725. The van der Waals surface area contributed by atoms with E-state index in [0.717, 1.165) is 13.1 Å². The van der Waals surface area contributed by atoms with Gasteiger partial charge < -0.3 is 4.90 Å². The lowest BCUT2D eigenvalue weighted by atomic mass is 10.2. The number of nitrogens with zero attached hydrogens (tertiary/aromatic N) is 5. The van der Waals surface area contributed by atoms with Gasteiger partial charge >= 0.3 is 5.69 Å². The van der Waals surface area contributed by atoms with Gasteiger partial charge in [0.05, 0.1) is 0 Å². The van der Waals surface area contributed by atoms with E-state index in [4.69, 9.17) is 0 Å². The number of pyridine rings is 1. The van der Waals surface area contributed by atoms with E-state index in [1.165, 1.54) is 9.08 Å². The summed E-state index contributed by atoms with van der Waals surface area (Å²) in [6.07, 6.45) is 1.66. The Morgan fingerprint density at radius 1 is 1.23 bits per heavy atom. The molecule has 1 saturated heterocycles. The van der Waals surface area contributed by atoms with Crippen molar-refractivity contribution in [2.24, 2.45) is 0 Å². The largest absolute Gasteiger partial charge is 0.350 e. The third kappa shape index (κ3) is 2.76. The van der Waals surface area contributed by atoms with Crippen molar-refractivity contribution >= 4 is 11.6 Å². The molecule has 2 aromatic rings. The second-order valence-corrected chi connectivity index (χ2v) is 5.88. The fourth-order valence-electron chi connectivity index (χ4n) is 2.79. The first-order chi connectivity index (χ1) is 10.6. The minimum atomic E-state index is -0.273. The van der Waals surface area contributed by atoms with Gasteiger partial charge in [0.2, 0.25) is 5.91 Å². The van der Waals surface area contributed by atoms with Crippen molar-refractivity contribution < 1.29 is 4.79 Å². The topological polar surface area (TPSA) is 62.9 Å². The molecule has 7 nitrogen and oxygen atoms in total. The van der Waals surface area contributed by atoms with Crippen LogP contribution in [0.15, 0.2) is 29.2 Å². The van der Waals surface area contributed by atoms with Crippen molar-refractivity contribution in [3.05, 3.63) is 34.9 Å². The van der Waals surface area contributed by atoms with Gasteiger partial charge in [-0.15, -0.1) is 5.10 Å². The molecule has 0 bridgehead atoms. The molecule has 1 aliphatic heterocycles. The number of rotatable bonds is 3. The van der Waals surface area contributed by atoms with Crippen LogP contribution in [0.3, 0.4) is 0 Å². The number of hydrogen-bond donors (Lipinski definition) is 0. The highest BCUT2D eigenvalue weighted by Gasteiger charge is 2.23. The summed E-state index contributed by atoms with van der Waals surface area (Å²) in [5.41, 5.74) is 0.287. The monoisotopic (exact) mass is 303 g/mol. The lowest BCUT2D eigenvalue weighted by molar-refractivity contribution is -0.134. The first kappa shape index (κ1) is 14.8. The summed E-state index contributed by atoms with van der Waals surface area (Å²) < 4.78 is 2.69. The number of hydrogen-bond acceptors (Lipinski definition) is 4. The molecule has 0 N–H and O–H groups in total. The number of carbonyl (C=O) groups is 1. The van der Waals surface area contributed by atoms with E-state index in [-0.39, 0.29) is 18.1 Å². The van der Waals surface area contributed by atoms with Crippen molar-refractivity contribution in [3.8, 4) is 0 Å². The SMILES string of the molecule is CC(C)N1CCN(C(=O)Cn2nc3ccccn3c2=O)CC1. The summed E-state index contributed by atoms with van der Waals surface area (Å²) in [5, 5.41) is 4.20. The Morgan fingerprint density at radius 2 is 1.95 bits per heavy atom. The van der Waals surface area contributed by atoms with E-state index in [9.17, 15) is 9.59 Å². The minimum absolute atomic E-state index is 0.00217. The molecule has 1 fully saturated rings. The fourth-order valence-corrected chi connectivity index (χ4v) is 2.79. The van der Waals surface area contributed by atoms with Crippen LogP contribution in [0.4, 0.5) is 0 Å². The molecule has 0 atom stereocenters. The summed E-state index contributed by atoms with van der Waals surface area (Å²) in [7, 11) is 0. The number of fused-ring (bicyclic) bond motifs is 1. The third-order valence-corrected chi connectivity index (χ3v) is 4.17.